The fourth-order valence-corrected chi connectivity index (χ4v) is 7.31. The first-order valence-electron chi connectivity index (χ1n) is 15.8. The van der Waals surface area contributed by atoms with Crippen LogP contribution in [-0.4, -0.2) is 78.8 Å². The van der Waals surface area contributed by atoms with Gasteiger partial charge in [0.15, 0.2) is 11.2 Å². The SMILES string of the molecule is COc1c2c3c4c(c(CCCOCCO)c(O)c5c(=O)cc(CO)c(c6c(CO)cc(NCCOCCO)c(c1=O)c63)c54)C=C(C)C2. The number of rotatable bonds is 15. The fourth-order valence-electron chi connectivity index (χ4n) is 7.31. The normalized spacial score (nSPS) is 13.0. The number of ether oxygens (including phenoxy) is 3. The van der Waals surface area contributed by atoms with Gasteiger partial charge in [-0.25, -0.2) is 0 Å². The van der Waals surface area contributed by atoms with Gasteiger partial charge in [-0.15, -0.1) is 0 Å². The van der Waals surface area contributed by atoms with Gasteiger partial charge in [-0.3, -0.25) is 9.59 Å². The minimum Gasteiger partial charge on any atom is -0.507 e. The lowest BCUT2D eigenvalue weighted by Gasteiger charge is -2.25. The van der Waals surface area contributed by atoms with E-state index >= 15 is 0 Å². The van der Waals surface area contributed by atoms with Crippen molar-refractivity contribution in [2.45, 2.75) is 39.4 Å². The number of aromatic hydroxyl groups is 1. The van der Waals surface area contributed by atoms with Crippen LogP contribution in [0, 0.1) is 0 Å². The highest BCUT2D eigenvalue weighted by Gasteiger charge is 2.32. The second kappa shape index (κ2) is 13.6. The Morgan fingerprint density at radius 3 is 2.11 bits per heavy atom. The summed E-state index contributed by atoms with van der Waals surface area (Å²) in [4.78, 5) is 28.2. The van der Waals surface area contributed by atoms with Gasteiger partial charge in [0.25, 0.3) is 0 Å². The summed E-state index contributed by atoms with van der Waals surface area (Å²) in [5, 5.41) is 58.6. The van der Waals surface area contributed by atoms with E-state index in [1.54, 1.807) is 6.07 Å². The lowest BCUT2D eigenvalue weighted by atomic mass is 9.80. The number of benzene rings is 5. The number of aliphatic hydroxyl groups excluding tert-OH is 4. The highest BCUT2D eigenvalue weighted by molar-refractivity contribution is 6.38. The van der Waals surface area contributed by atoms with Crippen LogP contribution < -0.4 is 20.9 Å². The Morgan fingerprint density at radius 2 is 1.45 bits per heavy atom. The topological polar surface area (TPSA) is 175 Å². The number of nitrogens with one attached hydrogen (secondary N) is 1. The molecule has 0 saturated heterocycles. The van der Waals surface area contributed by atoms with E-state index in [2.05, 4.69) is 5.32 Å². The standard InChI is InChI=1S/C36H39NO10/c1-18-12-22-21(4-3-8-46-10-6-38)34(43)31-25(42)15-20(17-41)27-26-19(16-40)14-24(37-5-9-47-11-7-39)30-32(26)29(28(22)33(27)31)23(13-18)36(45-2)35(30)44/h12,14-15,37-41,43H,3-11,13,16-17H2,1-2H3. The molecule has 0 amide bonds. The summed E-state index contributed by atoms with van der Waals surface area (Å²) in [6.07, 6.45) is 3.22. The first kappa shape index (κ1) is 32.8. The van der Waals surface area contributed by atoms with Gasteiger partial charge in [0, 0.05) is 40.7 Å². The third-order valence-corrected chi connectivity index (χ3v) is 9.05. The molecule has 0 atom stereocenters. The van der Waals surface area contributed by atoms with Gasteiger partial charge in [-0.1, -0.05) is 11.6 Å². The molecule has 1 aliphatic carbocycles. The summed E-state index contributed by atoms with van der Waals surface area (Å²) >= 11 is 0. The summed E-state index contributed by atoms with van der Waals surface area (Å²) in [5.41, 5.74) is 3.29. The molecule has 0 unspecified atom stereocenters. The van der Waals surface area contributed by atoms with Crippen molar-refractivity contribution in [3.05, 3.63) is 66.0 Å². The van der Waals surface area contributed by atoms with Crippen molar-refractivity contribution in [1.82, 2.24) is 0 Å². The van der Waals surface area contributed by atoms with Crippen molar-refractivity contribution in [1.29, 1.82) is 0 Å². The quantitative estimate of drug-likeness (QED) is 0.0561. The van der Waals surface area contributed by atoms with Crippen molar-refractivity contribution in [2.75, 3.05) is 58.6 Å². The molecular formula is C36H39NO10. The van der Waals surface area contributed by atoms with Crippen LogP contribution in [0.1, 0.15) is 41.2 Å². The van der Waals surface area contributed by atoms with E-state index < -0.39 is 18.6 Å². The molecule has 11 heteroatoms. The largest absolute Gasteiger partial charge is 0.507 e. The van der Waals surface area contributed by atoms with Gasteiger partial charge >= 0.3 is 0 Å². The van der Waals surface area contributed by atoms with Crippen molar-refractivity contribution in [2.24, 2.45) is 0 Å². The van der Waals surface area contributed by atoms with Gasteiger partial charge < -0.3 is 45.1 Å². The first-order valence-corrected chi connectivity index (χ1v) is 15.8. The summed E-state index contributed by atoms with van der Waals surface area (Å²) in [5.74, 6) is 0.0163. The number of fused-ring (bicyclic) bond motifs is 1. The van der Waals surface area contributed by atoms with Crippen molar-refractivity contribution >= 4 is 54.9 Å². The van der Waals surface area contributed by atoms with Crippen molar-refractivity contribution < 1.29 is 39.7 Å². The smallest absolute Gasteiger partial charge is 0.230 e. The second-order valence-corrected chi connectivity index (χ2v) is 11.9. The van der Waals surface area contributed by atoms with E-state index in [0.29, 0.717) is 104 Å². The molecule has 47 heavy (non-hydrogen) atoms. The molecular weight excluding hydrogens is 606 g/mol. The van der Waals surface area contributed by atoms with E-state index in [9.17, 15) is 24.9 Å². The summed E-state index contributed by atoms with van der Waals surface area (Å²) in [6.45, 7) is 2.10. The third kappa shape index (κ3) is 5.33. The van der Waals surface area contributed by atoms with Crippen LogP contribution in [0.4, 0.5) is 5.69 Å². The van der Waals surface area contributed by atoms with Gasteiger partial charge in [0.2, 0.25) is 5.43 Å². The first-order chi connectivity index (χ1) is 22.8. The lowest BCUT2D eigenvalue weighted by Crippen LogP contribution is -2.17. The van der Waals surface area contributed by atoms with Gasteiger partial charge in [0.1, 0.15) is 5.75 Å². The maximum atomic E-state index is 14.4. The monoisotopic (exact) mass is 645 g/mol. The van der Waals surface area contributed by atoms with Crippen molar-refractivity contribution in [3.63, 3.8) is 0 Å². The zero-order valence-corrected chi connectivity index (χ0v) is 26.5. The van der Waals surface area contributed by atoms with Crippen molar-refractivity contribution in [3.8, 4) is 11.5 Å². The van der Waals surface area contributed by atoms with Crippen LogP contribution in [-0.2, 0) is 35.5 Å². The molecule has 0 aliphatic heterocycles. The highest BCUT2D eigenvalue weighted by atomic mass is 16.5. The maximum absolute atomic E-state index is 14.4. The molecule has 0 bridgehead atoms. The second-order valence-electron chi connectivity index (χ2n) is 11.9. The molecule has 248 valence electrons. The Hall–Kier alpha value is -4.10. The molecule has 6 N–H and O–H groups in total. The maximum Gasteiger partial charge on any atom is 0.230 e. The minimum atomic E-state index is -0.480. The van der Waals surface area contributed by atoms with Gasteiger partial charge in [0.05, 0.1) is 64.1 Å². The van der Waals surface area contributed by atoms with Crippen LogP contribution in [0.5, 0.6) is 11.5 Å². The Balaban J connectivity index is 1.83. The Bertz CT molecular complexity index is 2120. The Labute approximate surface area is 269 Å². The molecule has 0 saturated carbocycles. The highest BCUT2D eigenvalue weighted by Crippen LogP contribution is 2.52. The van der Waals surface area contributed by atoms with Gasteiger partial charge in [-0.2, -0.15) is 0 Å². The van der Waals surface area contributed by atoms with Crippen LogP contribution in [0.25, 0.3) is 49.2 Å². The number of hydrogen-bond donors (Lipinski definition) is 6. The molecule has 11 nitrogen and oxygen atoms in total. The Kier molecular flexibility index (Phi) is 9.47. The van der Waals surface area contributed by atoms with E-state index in [-0.39, 0.29) is 55.3 Å². The number of phenols is 1. The minimum absolute atomic E-state index is 0.105. The number of allylic oxidation sites excluding steroid dienone is 1. The van der Waals surface area contributed by atoms with E-state index in [1.165, 1.54) is 13.2 Å². The van der Waals surface area contributed by atoms with E-state index in [0.717, 1.165) is 5.57 Å². The number of aliphatic hydroxyl groups is 4. The molecule has 5 aromatic carbocycles. The number of anilines is 1. The zero-order chi connectivity index (χ0) is 33.4. The molecule has 0 heterocycles. The lowest BCUT2D eigenvalue weighted by molar-refractivity contribution is 0.0908. The predicted octanol–water partition coefficient (Wildman–Crippen LogP) is 2.92. The summed E-state index contributed by atoms with van der Waals surface area (Å²) in [7, 11) is 1.45. The number of hydrogen-bond acceptors (Lipinski definition) is 11. The Morgan fingerprint density at radius 1 is 0.787 bits per heavy atom. The third-order valence-electron chi connectivity index (χ3n) is 9.05. The average molecular weight is 646 g/mol. The fraction of sp³-hybridized carbons (Fsp3) is 0.389. The summed E-state index contributed by atoms with van der Waals surface area (Å²) in [6, 6.07) is 3.02. The zero-order valence-electron chi connectivity index (χ0n) is 26.5. The molecule has 0 fully saturated rings. The average Bonchev–Trinajstić information content (AvgIpc) is 3.21. The number of methoxy groups -OCH3 is 1. The van der Waals surface area contributed by atoms with Crippen LogP contribution >= 0.6 is 0 Å². The summed E-state index contributed by atoms with van der Waals surface area (Å²) < 4.78 is 16.8. The molecule has 0 spiro atoms. The van der Waals surface area contributed by atoms with Crippen LogP contribution in [0.15, 0.2) is 27.3 Å². The number of phenolic OH excluding ortho intramolecular Hbond substituents is 1. The molecule has 0 aromatic heterocycles. The van der Waals surface area contributed by atoms with Crippen LogP contribution in [0.2, 0.25) is 0 Å². The van der Waals surface area contributed by atoms with Gasteiger partial charge in [-0.05, 0) is 76.6 Å². The molecule has 5 aromatic rings. The van der Waals surface area contributed by atoms with Crippen LogP contribution in [0.3, 0.4) is 0 Å². The van der Waals surface area contributed by atoms with E-state index in [1.807, 2.05) is 13.0 Å². The molecule has 0 radical (unpaired) electrons. The predicted molar refractivity (Wildman–Crippen MR) is 181 cm³/mol. The molecule has 1 aliphatic rings. The molecule has 6 rings (SSSR count). The van der Waals surface area contributed by atoms with E-state index in [4.69, 9.17) is 24.4 Å².